The Morgan fingerprint density at radius 1 is 1.19 bits per heavy atom. The first kappa shape index (κ1) is 16.5. The molecule has 1 fully saturated rings. The van der Waals surface area contributed by atoms with E-state index in [0.717, 1.165) is 24.8 Å². The molecule has 1 aromatic carbocycles. The van der Waals surface area contributed by atoms with Crippen molar-refractivity contribution in [3.05, 3.63) is 29.8 Å². The van der Waals surface area contributed by atoms with Crippen LogP contribution < -0.4 is 5.73 Å². The van der Waals surface area contributed by atoms with Crippen molar-refractivity contribution in [1.29, 1.82) is 0 Å². The summed E-state index contributed by atoms with van der Waals surface area (Å²) in [4.78, 5) is 0.354. The lowest BCUT2D eigenvalue weighted by Crippen LogP contribution is -2.42. The quantitative estimate of drug-likeness (QED) is 0.930. The van der Waals surface area contributed by atoms with Crippen molar-refractivity contribution in [1.82, 2.24) is 4.31 Å². The fourth-order valence-electron chi connectivity index (χ4n) is 3.12. The number of nitrogens with two attached hydrogens (primary N) is 1. The third-order valence-corrected chi connectivity index (χ3v) is 6.51. The predicted octanol–water partition coefficient (Wildman–Crippen LogP) is 2.91. The zero-order chi connectivity index (χ0) is 15.6. The molecule has 118 valence electrons. The summed E-state index contributed by atoms with van der Waals surface area (Å²) in [5.41, 5.74) is 6.75. The van der Waals surface area contributed by atoms with Crippen molar-refractivity contribution < 1.29 is 8.42 Å². The number of hydrogen-bond donors (Lipinski definition) is 1. The Morgan fingerprint density at radius 3 is 2.29 bits per heavy atom. The molecule has 3 unspecified atom stereocenters. The highest BCUT2D eigenvalue weighted by molar-refractivity contribution is 7.89. The molecule has 0 saturated heterocycles. The van der Waals surface area contributed by atoms with Gasteiger partial charge in [0.1, 0.15) is 0 Å². The van der Waals surface area contributed by atoms with Gasteiger partial charge in [-0.25, -0.2) is 8.42 Å². The molecule has 5 heteroatoms. The SMILES string of the molecule is CC(N)c1ccc(S(=O)(=O)N(C)C2CCCCC2C)cc1. The monoisotopic (exact) mass is 310 g/mol. The highest BCUT2D eigenvalue weighted by atomic mass is 32.2. The van der Waals surface area contributed by atoms with E-state index in [1.807, 2.05) is 6.92 Å². The van der Waals surface area contributed by atoms with Gasteiger partial charge in [0.05, 0.1) is 4.90 Å². The summed E-state index contributed by atoms with van der Waals surface area (Å²) in [6.45, 7) is 4.04. The van der Waals surface area contributed by atoms with Gasteiger partial charge in [-0.05, 0) is 43.4 Å². The molecule has 0 radical (unpaired) electrons. The Labute approximate surface area is 128 Å². The molecule has 0 heterocycles. The van der Waals surface area contributed by atoms with E-state index < -0.39 is 10.0 Å². The molecule has 3 atom stereocenters. The lowest BCUT2D eigenvalue weighted by molar-refractivity contribution is 0.213. The average Bonchev–Trinajstić information content (AvgIpc) is 2.47. The minimum atomic E-state index is -3.42. The summed E-state index contributed by atoms with van der Waals surface area (Å²) >= 11 is 0. The Morgan fingerprint density at radius 2 is 1.76 bits per heavy atom. The first-order chi connectivity index (χ1) is 9.84. The molecule has 4 nitrogen and oxygen atoms in total. The van der Waals surface area contributed by atoms with Gasteiger partial charge in [0.25, 0.3) is 0 Å². The molecule has 0 aliphatic heterocycles. The standard InChI is InChI=1S/C16H26N2O2S/c1-12-6-4-5-7-16(12)18(3)21(19,20)15-10-8-14(9-11-15)13(2)17/h8-13,16H,4-7,17H2,1-3H3. The molecule has 1 saturated carbocycles. The normalized spacial score (nSPS) is 25.0. The van der Waals surface area contributed by atoms with Crippen molar-refractivity contribution in [3.63, 3.8) is 0 Å². The lowest BCUT2D eigenvalue weighted by Gasteiger charge is -2.35. The van der Waals surface area contributed by atoms with E-state index >= 15 is 0 Å². The van der Waals surface area contributed by atoms with E-state index in [0.29, 0.717) is 10.8 Å². The Balaban J connectivity index is 2.24. The van der Waals surface area contributed by atoms with Gasteiger partial charge < -0.3 is 5.73 Å². The topological polar surface area (TPSA) is 63.4 Å². The Kier molecular flexibility index (Phi) is 5.07. The van der Waals surface area contributed by atoms with Crippen molar-refractivity contribution >= 4 is 10.0 Å². The van der Waals surface area contributed by atoms with Gasteiger partial charge in [-0.2, -0.15) is 4.31 Å². The Bertz CT molecular complexity index is 566. The summed E-state index contributed by atoms with van der Waals surface area (Å²) in [7, 11) is -1.71. The van der Waals surface area contributed by atoms with Gasteiger partial charge in [0.15, 0.2) is 0 Å². The van der Waals surface area contributed by atoms with Crippen molar-refractivity contribution in [2.75, 3.05) is 7.05 Å². The second kappa shape index (κ2) is 6.46. The maximum absolute atomic E-state index is 12.8. The van der Waals surface area contributed by atoms with Crippen LogP contribution in [-0.2, 0) is 10.0 Å². The molecule has 0 amide bonds. The molecule has 0 spiro atoms. The van der Waals surface area contributed by atoms with Crippen LogP contribution in [0.4, 0.5) is 0 Å². The van der Waals surface area contributed by atoms with E-state index in [-0.39, 0.29) is 12.1 Å². The maximum atomic E-state index is 12.8. The highest BCUT2D eigenvalue weighted by Crippen LogP contribution is 2.30. The summed E-state index contributed by atoms with van der Waals surface area (Å²) in [5.74, 6) is 0.418. The van der Waals surface area contributed by atoms with Gasteiger partial charge in [-0.1, -0.05) is 31.9 Å². The molecular formula is C16H26N2O2S. The first-order valence-corrected chi connectivity index (χ1v) is 9.11. The van der Waals surface area contributed by atoms with Crippen LogP contribution in [-0.4, -0.2) is 25.8 Å². The van der Waals surface area contributed by atoms with Gasteiger partial charge >= 0.3 is 0 Å². The zero-order valence-electron chi connectivity index (χ0n) is 13.1. The third-order valence-electron chi connectivity index (χ3n) is 4.62. The number of hydrogen-bond acceptors (Lipinski definition) is 3. The van der Waals surface area contributed by atoms with E-state index in [4.69, 9.17) is 5.73 Å². The van der Waals surface area contributed by atoms with Crippen LogP contribution in [0.3, 0.4) is 0 Å². The van der Waals surface area contributed by atoms with Crippen LogP contribution >= 0.6 is 0 Å². The molecule has 0 bridgehead atoms. The van der Waals surface area contributed by atoms with Crippen LogP contribution in [0.5, 0.6) is 0 Å². The van der Waals surface area contributed by atoms with Gasteiger partial charge in [-0.3, -0.25) is 0 Å². The first-order valence-electron chi connectivity index (χ1n) is 7.67. The molecule has 2 rings (SSSR count). The van der Waals surface area contributed by atoms with Crippen LogP contribution in [0.15, 0.2) is 29.2 Å². The fraction of sp³-hybridized carbons (Fsp3) is 0.625. The minimum Gasteiger partial charge on any atom is -0.324 e. The Hall–Kier alpha value is -0.910. The van der Waals surface area contributed by atoms with Crippen molar-refractivity contribution in [2.24, 2.45) is 11.7 Å². The molecular weight excluding hydrogens is 284 g/mol. The summed E-state index contributed by atoms with van der Waals surface area (Å²) in [6.07, 6.45) is 4.37. The zero-order valence-corrected chi connectivity index (χ0v) is 13.9. The molecule has 1 aliphatic carbocycles. The van der Waals surface area contributed by atoms with E-state index in [2.05, 4.69) is 6.92 Å². The van der Waals surface area contributed by atoms with Gasteiger partial charge in [0.2, 0.25) is 10.0 Å². The smallest absolute Gasteiger partial charge is 0.243 e. The molecule has 1 aliphatic rings. The second-order valence-electron chi connectivity index (χ2n) is 6.21. The number of benzene rings is 1. The average molecular weight is 310 g/mol. The number of rotatable bonds is 4. The van der Waals surface area contributed by atoms with Crippen LogP contribution in [0.2, 0.25) is 0 Å². The fourth-order valence-corrected chi connectivity index (χ4v) is 4.61. The largest absolute Gasteiger partial charge is 0.324 e. The summed E-state index contributed by atoms with van der Waals surface area (Å²) < 4.78 is 27.1. The lowest BCUT2D eigenvalue weighted by atomic mass is 9.86. The minimum absolute atomic E-state index is 0.0853. The van der Waals surface area contributed by atoms with Crippen molar-refractivity contribution in [2.45, 2.75) is 56.5 Å². The molecule has 21 heavy (non-hydrogen) atoms. The van der Waals surface area contributed by atoms with E-state index in [9.17, 15) is 8.42 Å². The van der Waals surface area contributed by atoms with E-state index in [1.54, 1.807) is 35.6 Å². The van der Waals surface area contributed by atoms with Crippen molar-refractivity contribution in [3.8, 4) is 0 Å². The van der Waals surface area contributed by atoms with Crippen LogP contribution in [0.1, 0.15) is 51.1 Å². The molecule has 1 aromatic rings. The number of nitrogens with zero attached hydrogens (tertiary/aromatic N) is 1. The van der Waals surface area contributed by atoms with Crippen LogP contribution in [0.25, 0.3) is 0 Å². The highest BCUT2D eigenvalue weighted by Gasteiger charge is 2.32. The maximum Gasteiger partial charge on any atom is 0.243 e. The summed E-state index contributed by atoms with van der Waals surface area (Å²) in [6, 6.07) is 6.95. The van der Waals surface area contributed by atoms with Gasteiger partial charge in [-0.15, -0.1) is 0 Å². The molecule has 0 aromatic heterocycles. The third kappa shape index (κ3) is 3.47. The van der Waals surface area contributed by atoms with E-state index in [1.165, 1.54) is 6.42 Å². The summed E-state index contributed by atoms with van der Waals surface area (Å²) in [5, 5.41) is 0. The predicted molar refractivity (Wildman–Crippen MR) is 85.4 cm³/mol. The van der Waals surface area contributed by atoms with Gasteiger partial charge in [0, 0.05) is 19.1 Å². The second-order valence-corrected chi connectivity index (χ2v) is 8.21. The molecule has 2 N–H and O–H groups in total. The number of sulfonamides is 1. The van der Waals surface area contributed by atoms with Crippen LogP contribution in [0, 0.1) is 5.92 Å².